The minimum atomic E-state index is -0.944. The smallest absolute Gasteiger partial charge is 0.251 e. The van der Waals surface area contributed by atoms with Gasteiger partial charge in [-0.1, -0.05) is 11.6 Å². The lowest BCUT2D eigenvalue weighted by Gasteiger charge is -2.34. The Morgan fingerprint density at radius 1 is 1.55 bits per heavy atom. The van der Waals surface area contributed by atoms with Crippen molar-refractivity contribution in [1.82, 2.24) is 5.32 Å². The van der Waals surface area contributed by atoms with E-state index in [0.29, 0.717) is 36.0 Å². The van der Waals surface area contributed by atoms with Gasteiger partial charge < -0.3 is 25.0 Å². The van der Waals surface area contributed by atoms with Crippen LogP contribution in [0.15, 0.2) is 18.2 Å². The van der Waals surface area contributed by atoms with Crippen molar-refractivity contribution >= 4 is 17.5 Å². The quantitative estimate of drug-likeness (QED) is 0.749. The van der Waals surface area contributed by atoms with E-state index in [9.17, 15) is 9.90 Å². The van der Waals surface area contributed by atoms with Crippen molar-refractivity contribution in [3.8, 4) is 5.75 Å². The molecule has 0 spiro atoms. The van der Waals surface area contributed by atoms with E-state index >= 15 is 0 Å². The number of amides is 1. The second-order valence-corrected chi connectivity index (χ2v) is 5.44. The van der Waals surface area contributed by atoms with Gasteiger partial charge in [-0.15, -0.1) is 0 Å². The summed E-state index contributed by atoms with van der Waals surface area (Å²) in [6, 6.07) is 4.31. The van der Waals surface area contributed by atoms with Crippen LogP contribution in [0, 0.1) is 0 Å². The number of halogens is 1. The molecule has 0 unspecified atom stereocenters. The second kappa shape index (κ2) is 7.78. The molecule has 0 bridgehead atoms. The summed E-state index contributed by atoms with van der Waals surface area (Å²) in [6.07, 6.45) is -1.14. The first-order valence-electron chi connectivity index (χ1n) is 7.20. The van der Waals surface area contributed by atoms with E-state index in [1.807, 2.05) is 6.92 Å². The van der Waals surface area contributed by atoms with Gasteiger partial charge in [-0.05, 0) is 31.5 Å². The number of aliphatic hydroxyl groups excluding tert-OH is 2. The summed E-state index contributed by atoms with van der Waals surface area (Å²) in [6.45, 7) is 2.42. The van der Waals surface area contributed by atoms with E-state index in [4.69, 9.17) is 26.2 Å². The highest BCUT2D eigenvalue weighted by molar-refractivity contribution is 6.32. The van der Waals surface area contributed by atoms with Crippen molar-refractivity contribution in [2.75, 3.05) is 19.8 Å². The van der Waals surface area contributed by atoms with Crippen LogP contribution in [0.25, 0.3) is 0 Å². The van der Waals surface area contributed by atoms with E-state index in [0.717, 1.165) is 0 Å². The van der Waals surface area contributed by atoms with Crippen LogP contribution in [0.3, 0.4) is 0 Å². The number of benzene rings is 1. The molecular formula is C15H20ClNO5. The summed E-state index contributed by atoms with van der Waals surface area (Å²) in [5.41, 5.74) is 0.382. The molecule has 1 aromatic rings. The van der Waals surface area contributed by atoms with Crippen LogP contribution in [-0.2, 0) is 4.74 Å². The number of ether oxygens (including phenoxy) is 2. The first kappa shape index (κ1) is 17.0. The SMILES string of the molecule is CCOc1ccc(C(=O)N[C@H]2CCO[C@H](CO)[C@H]2O)cc1Cl. The number of hydrogen-bond acceptors (Lipinski definition) is 5. The predicted molar refractivity (Wildman–Crippen MR) is 81.3 cm³/mol. The minimum Gasteiger partial charge on any atom is -0.492 e. The summed E-state index contributed by atoms with van der Waals surface area (Å²) in [5, 5.41) is 22.3. The van der Waals surface area contributed by atoms with Crippen LogP contribution < -0.4 is 10.1 Å². The highest BCUT2D eigenvalue weighted by atomic mass is 35.5. The number of rotatable bonds is 5. The van der Waals surface area contributed by atoms with E-state index in [1.165, 1.54) is 6.07 Å². The molecule has 1 aliphatic heterocycles. The van der Waals surface area contributed by atoms with Gasteiger partial charge in [0.2, 0.25) is 0 Å². The van der Waals surface area contributed by atoms with Crippen LogP contribution in [0.4, 0.5) is 0 Å². The third-order valence-electron chi connectivity index (χ3n) is 3.54. The predicted octanol–water partition coefficient (Wildman–Crippen LogP) is 0.979. The molecule has 3 atom stereocenters. The maximum absolute atomic E-state index is 12.2. The Bertz CT molecular complexity index is 525. The van der Waals surface area contributed by atoms with Crippen LogP contribution in [0.1, 0.15) is 23.7 Å². The van der Waals surface area contributed by atoms with Gasteiger partial charge in [0.15, 0.2) is 0 Å². The van der Waals surface area contributed by atoms with Gasteiger partial charge in [0.25, 0.3) is 5.91 Å². The maximum atomic E-state index is 12.2. The lowest BCUT2D eigenvalue weighted by atomic mass is 9.99. The topological polar surface area (TPSA) is 88.0 Å². The van der Waals surface area contributed by atoms with Crippen LogP contribution in [0.2, 0.25) is 5.02 Å². The zero-order valence-corrected chi connectivity index (χ0v) is 13.0. The molecule has 7 heteroatoms. The fourth-order valence-electron chi connectivity index (χ4n) is 2.36. The highest BCUT2D eigenvalue weighted by Gasteiger charge is 2.33. The Morgan fingerprint density at radius 2 is 2.32 bits per heavy atom. The largest absolute Gasteiger partial charge is 0.492 e. The van der Waals surface area contributed by atoms with Gasteiger partial charge >= 0.3 is 0 Å². The Balaban J connectivity index is 2.04. The summed E-state index contributed by atoms with van der Waals surface area (Å²) in [4.78, 5) is 12.2. The van der Waals surface area contributed by atoms with E-state index < -0.39 is 18.2 Å². The van der Waals surface area contributed by atoms with Crippen molar-refractivity contribution in [3.05, 3.63) is 28.8 Å². The number of nitrogens with one attached hydrogen (secondary N) is 1. The average Bonchev–Trinajstić information content (AvgIpc) is 2.51. The van der Waals surface area contributed by atoms with E-state index in [2.05, 4.69) is 5.32 Å². The Labute approximate surface area is 134 Å². The molecule has 22 heavy (non-hydrogen) atoms. The molecular weight excluding hydrogens is 310 g/mol. The summed E-state index contributed by atoms with van der Waals surface area (Å²) in [5.74, 6) is 0.180. The normalized spacial score (nSPS) is 24.8. The van der Waals surface area contributed by atoms with Crippen molar-refractivity contribution in [2.24, 2.45) is 0 Å². The second-order valence-electron chi connectivity index (χ2n) is 5.03. The molecule has 3 N–H and O–H groups in total. The molecule has 0 aromatic heterocycles. The van der Waals surface area contributed by atoms with Crippen molar-refractivity contribution < 1.29 is 24.5 Å². The molecule has 1 amide bonds. The van der Waals surface area contributed by atoms with E-state index in [-0.39, 0.29) is 12.5 Å². The van der Waals surface area contributed by atoms with Gasteiger partial charge in [0.05, 0.1) is 24.3 Å². The zero-order valence-electron chi connectivity index (χ0n) is 12.3. The summed E-state index contributed by atoms with van der Waals surface area (Å²) >= 11 is 6.06. The molecule has 1 fully saturated rings. The highest BCUT2D eigenvalue weighted by Crippen LogP contribution is 2.25. The van der Waals surface area contributed by atoms with Gasteiger partial charge in [0, 0.05) is 12.2 Å². The monoisotopic (exact) mass is 329 g/mol. The molecule has 0 aliphatic carbocycles. The molecule has 122 valence electrons. The Hall–Kier alpha value is -1.34. The van der Waals surface area contributed by atoms with Crippen LogP contribution >= 0.6 is 11.6 Å². The zero-order chi connectivity index (χ0) is 16.1. The molecule has 1 heterocycles. The third-order valence-corrected chi connectivity index (χ3v) is 3.84. The van der Waals surface area contributed by atoms with Gasteiger partial charge in [-0.2, -0.15) is 0 Å². The summed E-state index contributed by atoms with van der Waals surface area (Å²) < 4.78 is 10.5. The lowest BCUT2D eigenvalue weighted by molar-refractivity contribution is -0.107. The average molecular weight is 330 g/mol. The molecule has 2 rings (SSSR count). The van der Waals surface area contributed by atoms with Crippen LogP contribution in [-0.4, -0.2) is 54.2 Å². The van der Waals surface area contributed by atoms with E-state index in [1.54, 1.807) is 12.1 Å². The number of carbonyl (C=O) groups is 1. The fraction of sp³-hybridized carbons (Fsp3) is 0.533. The molecule has 6 nitrogen and oxygen atoms in total. The number of hydrogen-bond donors (Lipinski definition) is 3. The summed E-state index contributed by atoms with van der Waals surface area (Å²) in [7, 11) is 0. The van der Waals surface area contributed by atoms with Crippen molar-refractivity contribution in [3.63, 3.8) is 0 Å². The maximum Gasteiger partial charge on any atom is 0.251 e. The Kier molecular flexibility index (Phi) is 6.02. The first-order valence-corrected chi connectivity index (χ1v) is 7.58. The number of carbonyl (C=O) groups excluding carboxylic acids is 1. The fourth-order valence-corrected chi connectivity index (χ4v) is 2.59. The van der Waals surface area contributed by atoms with Crippen LogP contribution in [0.5, 0.6) is 5.75 Å². The molecule has 1 saturated heterocycles. The molecule has 1 aromatic carbocycles. The van der Waals surface area contributed by atoms with Gasteiger partial charge in [-0.25, -0.2) is 0 Å². The molecule has 0 radical (unpaired) electrons. The molecule has 0 saturated carbocycles. The molecule has 1 aliphatic rings. The third kappa shape index (κ3) is 3.89. The lowest BCUT2D eigenvalue weighted by Crippen LogP contribution is -2.54. The van der Waals surface area contributed by atoms with Crippen molar-refractivity contribution in [2.45, 2.75) is 31.6 Å². The van der Waals surface area contributed by atoms with Crippen molar-refractivity contribution in [1.29, 1.82) is 0 Å². The first-order chi connectivity index (χ1) is 10.6. The van der Waals surface area contributed by atoms with Gasteiger partial charge in [-0.3, -0.25) is 4.79 Å². The Morgan fingerprint density at radius 3 is 2.95 bits per heavy atom. The standard InChI is InChI=1S/C15H20ClNO5/c1-2-21-12-4-3-9(7-10(12)16)15(20)17-11-5-6-22-13(8-18)14(11)19/h3-4,7,11,13-14,18-19H,2,5-6,8H2,1H3,(H,17,20)/t11-,13+,14-/m0/s1. The number of aliphatic hydroxyl groups is 2. The minimum absolute atomic E-state index is 0.289. The van der Waals surface area contributed by atoms with Gasteiger partial charge in [0.1, 0.15) is 18.0 Å².